The zero-order chi connectivity index (χ0) is 19.0. The minimum atomic E-state index is -0.653. The van der Waals surface area contributed by atoms with E-state index in [0.29, 0.717) is 6.42 Å². The van der Waals surface area contributed by atoms with E-state index in [1.807, 2.05) is 0 Å². The Hall–Kier alpha value is 0.269. The van der Waals surface area contributed by atoms with Crippen LogP contribution in [-0.2, 0) is 4.79 Å². The van der Waals surface area contributed by atoms with Crippen molar-refractivity contribution in [2.75, 3.05) is 0 Å². The minimum absolute atomic E-state index is 0.345. The molecule has 0 aromatic heterocycles. The average molecular weight is 460 g/mol. The van der Waals surface area contributed by atoms with Crippen LogP contribution in [0.15, 0.2) is 0 Å². The third-order valence-corrected chi connectivity index (χ3v) is 5.53. The van der Waals surface area contributed by atoms with Crippen molar-refractivity contribution >= 4 is 28.5 Å². The van der Waals surface area contributed by atoms with Crippen molar-refractivity contribution < 1.29 is 9.90 Å². The Morgan fingerprint density at radius 3 is 1.16 bits per heavy atom. The number of hydrogen-bond donors (Lipinski definition) is 1. The van der Waals surface area contributed by atoms with Gasteiger partial charge in [-0.15, -0.1) is 0 Å². The molecule has 3 radical (unpaired) electrons. The molecule has 0 bridgehead atoms. The molecule has 0 saturated heterocycles. The molecule has 149 valence electrons. The summed E-state index contributed by atoms with van der Waals surface area (Å²) in [5.41, 5.74) is 0. The molecular formula is C22H45O2Sn. The zero-order valence-electron chi connectivity index (χ0n) is 17.3. The van der Waals surface area contributed by atoms with Crippen molar-refractivity contribution in [1.29, 1.82) is 0 Å². The number of hydrogen-bond acceptors (Lipinski definition) is 1. The number of rotatable bonds is 18. The molecule has 0 aliphatic carbocycles. The van der Waals surface area contributed by atoms with Gasteiger partial charge in [0.25, 0.3) is 0 Å². The topological polar surface area (TPSA) is 37.3 Å². The van der Waals surface area contributed by atoms with Crippen LogP contribution in [0.1, 0.15) is 129 Å². The summed E-state index contributed by atoms with van der Waals surface area (Å²) < 4.78 is 1.43. The fourth-order valence-electron chi connectivity index (χ4n) is 2.82. The first kappa shape index (κ1) is 27.5. The van der Waals surface area contributed by atoms with Gasteiger partial charge in [-0.3, -0.25) is 4.79 Å². The second-order valence-corrected chi connectivity index (χ2v) is 8.62. The summed E-state index contributed by atoms with van der Waals surface area (Å²) in [4.78, 5) is 10.3. The van der Waals surface area contributed by atoms with Crippen molar-refractivity contribution in [3.8, 4) is 0 Å². The van der Waals surface area contributed by atoms with Crippen LogP contribution in [0.5, 0.6) is 0 Å². The monoisotopic (exact) mass is 461 g/mol. The van der Waals surface area contributed by atoms with Gasteiger partial charge < -0.3 is 5.11 Å². The van der Waals surface area contributed by atoms with Gasteiger partial charge in [0.15, 0.2) is 0 Å². The summed E-state index contributed by atoms with van der Waals surface area (Å²) in [5, 5.41) is 8.52. The number of unbranched alkanes of at least 4 members (excludes halogenated alkanes) is 15. The van der Waals surface area contributed by atoms with E-state index in [1.54, 1.807) is 22.5 Å². The summed E-state index contributed by atoms with van der Waals surface area (Å²) in [7, 11) is 0. The van der Waals surface area contributed by atoms with Gasteiger partial charge in [-0.1, -0.05) is 96.8 Å². The van der Waals surface area contributed by atoms with Gasteiger partial charge in [0.05, 0.1) is 0 Å². The van der Waals surface area contributed by atoms with Crippen molar-refractivity contribution in [2.45, 2.75) is 134 Å². The Morgan fingerprint density at radius 2 is 0.920 bits per heavy atom. The van der Waals surface area contributed by atoms with E-state index in [0.717, 1.165) is 12.8 Å². The Bertz CT molecular complexity index is 242. The zero-order valence-corrected chi connectivity index (χ0v) is 20.1. The molecule has 0 atom stereocenters. The summed E-state index contributed by atoms with van der Waals surface area (Å²) in [6.45, 7) is 4.50. The standard InChI is InChI=1S/C18H36O2.C4H9.Sn/c1-2-3-4-5-6-7-8-9-10-11-12-13-14-15-16-17-18(19)20;1-3-4-2;/h2-17H2,1H3,(H,19,20);1,3-4H2,2H3;. The van der Waals surface area contributed by atoms with Crippen molar-refractivity contribution in [1.82, 2.24) is 0 Å². The van der Waals surface area contributed by atoms with Gasteiger partial charge in [0.1, 0.15) is 0 Å². The molecule has 2 nitrogen and oxygen atoms in total. The molecule has 0 aromatic rings. The van der Waals surface area contributed by atoms with Crippen LogP contribution in [-0.4, -0.2) is 33.6 Å². The predicted molar refractivity (Wildman–Crippen MR) is 113 cm³/mol. The third kappa shape index (κ3) is 32.4. The number of carbonyl (C=O) groups is 1. The van der Waals surface area contributed by atoms with E-state index in [4.69, 9.17) is 5.11 Å². The number of aliphatic carboxylic acids is 1. The average Bonchev–Trinajstić information content (AvgIpc) is 2.59. The van der Waals surface area contributed by atoms with Crippen LogP contribution in [0.4, 0.5) is 0 Å². The van der Waals surface area contributed by atoms with Gasteiger partial charge in [-0.2, -0.15) is 0 Å². The molecule has 25 heavy (non-hydrogen) atoms. The molecule has 0 aliphatic heterocycles. The fourth-order valence-corrected chi connectivity index (χ4v) is 3.83. The molecule has 0 fully saturated rings. The van der Waals surface area contributed by atoms with Gasteiger partial charge >= 0.3 is 52.7 Å². The summed E-state index contributed by atoms with van der Waals surface area (Å²) in [6, 6.07) is 0. The van der Waals surface area contributed by atoms with Crippen LogP contribution < -0.4 is 0 Å². The molecule has 3 heteroatoms. The van der Waals surface area contributed by atoms with Crippen LogP contribution in [0.3, 0.4) is 0 Å². The SMILES string of the molecule is CCCCCCCCCCCCCCCCCC(=O)O.CCC[CH2][Sn]. The predicted octanol–water partition coefficient (Wildman–Crippen LogP) is 7.71. The number of carboxylic acid groups (broad SMARTS) is 1. The van der Waals surface area contributed by atoms with Gasteiger partial charge in [0, 0.05) is 6.42 Å². The van der Waals surface area contributed by atoms with E-state index >= 15 is 0 Å². The molecule has 0 amide bonds. The third-order valence-electron chi connectivity index (χ3n) is 4.52. The number of carboxylic acids is 1. The first-order valence-corrected chi connectivity index (χ1v) is 13.1. The molecular weight excluding hydrogens is 415 g/mol. The van der Waals surface area contributed by atoms with E-state index < -0.39 is 5.97 Å². The maximum atomic E-state index is 10.3. The van der Waals surface area contributed by atoms with Crippen molar-refractivity contribution in [2.24, 2.45) is 0 Å². The van der Waals surface area contributed by atoms with E-state index in [1.165, 1.54) is 101 Å². The van der Waals surface area contributed by atoms with Gasteiger partial charge in [-0.05, 0) is 6.42 Å². The van der Waals surface area contributed by atoms with E-state index in [9.17, 15) is 4.79 Å². The molecule has 0 rings (SSSR count). The Kier molecular flexibility index (Phi) is 29.1. The Balaban J connectivity index is 0. The summed E-state index contributed by atoms with van der Waals surface area (Å²) >= 11 is 1.68. The first-order valence-electron chi connectivity index (χ1n) is 11.0. The first-order chi connectivity index (χ1) is 12.2. The molecule has 0 aromatic carbocycles. The second kappa shape index (κ2) is 26.5. The van der Waals surface area contributed by atoms with Crippen LogP contribution in [0.25, 0.3) is 0 Å². The molecule has 0 unspecified atom stereocenters. The maximum absolute atomic E-state index is 10.3. The Morgan fingerprint density at radius 1 is 0.600 bits per heavy atom. The summed E-state index contributed by atoms with van der Waals surface area (Å²) in [6.07, 6.45) is 23.0. The molecule has 0 spiro atoms. The van der Waals surface area contributed by atoms with E-state index in [2.05, 4.69) is 13.8 Å². The fraction of sp³-hybridized carbons (Fsp3) is 0.955. The molecule has 0 saturated carbocycles. The molecule has 0 aliphatic rings. The van der Waals surface area contributed by atoms with Crippen LogP contribution >= 0.6 is 0 Å². The summed E-state index contributed by atoms with van der Waals surface area (Å²) in [5.74, 6) is -0.653. The quantitative estimate of drug-likeness (QED) is 0.168. The van der Waals surface area contributed by atoms with Crippen molar-refractivity contribution in [3.63, 3.8) is 0 Å². The molecule has 1 N–H and O–H groups in total. The van der Waals surface area contributed by atoms with Crippen molar-refractivity contribution in [3.05, 3.63) is 0 Å². The van der Waals surface area contributed by atoms with Crippen LogP contribution in [0, 0.1) is 0 Å². The molecule has 0 heterocycles. The van der Waals surface area contributed by atoms with E-state index in [-0.39, 0.29) is 0 Å². The Labute approximate surface area is 172 Å². The van der Waals surface area contributed by atoms with Gasteiger partial charge in [-0.25, -0.2) is 0 Å². The van der Waals surface area contributed by atoms with Gasteiger partial charge in [0.2, 0.25) is 0 Å². The second-order valence-electron chi connectivity index (χ2n) is 7.20. The van der Waals surface area contributed by atoms with Crippen LogP contribution in [0.2, 0.25) is 4.44 Å². The normalized spacial score (nSPS) is 10.4.